The fourth-order valence-electron chi connectivity index (χ4n) is 3.11. The fourth-order valence-corrected chi connectivity index (χ4v) is 3.11. The molecule has 0 radical (unpaired) electrons. The predicted molar refractivity (Wildman–Crippen MR) is 108 cm³/mol. The number of amides is 3. The standard InChI is InChI=1S/C21H23N3O5/c1-14-15(21(28)22-10-12-25)5-4-6-16(14)23-19(26)9-11-24-17-7-2-3-8-18(17)29-13-20(24)27/h2-8,25H,9-13H2,1H3,(H,22,28)(H,23,26). The van der Waals surface area contributed by atoms with Gasteiger partial charge in [-0.2, -0.15) is 0 Å². The number of hydrogen-bond acceptors (Lipinski definition) is 5. The maximum Gasteiger partial charge on any atom is 0.265 e. The van der Waals surface area contributed by atoms with Gasteiger partial charge in [0.05, 0.1) is 12.3 Å². The summed E-state index contributed by atoms with van der Waals surface area (Å²) in [6, 6.07) is 12.2. The van der Waals surface area contributed by atoms with Crippen molar-refractivity contribution in [3.63, 3.8) is 0 Å². The molecule has 0 saturated carbocycles. The van der Waals surface area contributed by atoms with E-state index in [1.165, 1.54) is 0 Å². The van der Waals surface area contributed by atoms with Crippen LogP contribution in [0.2, 0.25) is 0 Å². The highest BCUT2D eigenvalue weighted by Crippen LogP contribution is 2.31. The van der Waals surface area contributed by atoms with Crippen LogP contribution in [0.15, 0.2) is 42.5 Å². The summed E-state index contributed by atoms with van der Waals surface area (Å²) in [6.45, 7) is 1.92. The minimum atomic E-state index is -0.317. The Balaban J connectivity index is 1.65. The quantitative estimate of drug-likeness (QED) is 0.656. The summed E-state index contributed by atoms with van der Waals surface area (Å²) in [5, 5.41) is 14.2. The number of carbonyl (C=O) groups excluding carboxylic acids is 3. The van der Waals surface area contributed by atoms with Crippen molar-refractivity contribution in [3.8, 4) is 5.75 Å². The normalized spacial score (nSPS) is 12.8. The lowest BCUT2D eigenvalue weighted by molar-refractivity contribution is -0.121. The second-order valence-electron chi connectivity index (χ2n) is 6.56. The Labute approximate surface area is 168 Å². The molecule has 8 nitrogen and oxygen atoms in total. The smallest absolute Gasteiger partial charge is 0.265 e. The van der Waals surface area contributed by atoms with Crippen LogP contribution in [0.4, 0.5) is 11.4 Å². The minimum absolute atomic E-state index is 0.0528. The van der Waals surface area contributed by atoms with Gasteiger partial charge in [-0.15, -0.1) is 0 Å². The summed E-state index contributed by atoms with van der Waals surface area (Å²) >= 11 is 0. The Morgan fingerprint density at radius 3 is 2.76 bits per heavy atom. The molecule has 29 heavy (non-hydrogen) atoms. The van der Waals surface area contributed by atoms with Crippen molar-refractivity contribution >= 4 is 29.1 Å². The Morgan fingerprint density at radius 2 is 1.97 bits per heavy atom. The van der Waals surface area contributed by atoms with Gasteiger partial charge in [0.1, 0.15) is 5.75 Å². The number of nitrogens with zero attached hydrogens (tertiary/aromatic N) is 1. The zero-order valence-corrected chi connectivity index (χ0v) is 16.1. The van der Waals surface area contributed by atoms with Crippen LogP contribution in [0, 0.1) is 6.92 Å². The molecule has 2 aromatic rings. The van der Waals surface area contributed by atoms with E-state index in [0.29, 0.717) is 28.3 Å². The van der Waals surface area contributed by atoms with Gasteiger partial charge >= 0.3 is 0 Å². The van der Waals surface area contributed by atoms with Crippen molar-refractivity contribution < 1.29 is 24.2 Å². The molecule has 8 heteroatoms. The molecular formula is C21H23N3O5. The predicted octanol–water partition coefficient (Wildman–Crippen LogP) is 1.47. The molecule has 1 aliphatic heterocycles. The van der Waals surface area contributed by atoms with Gasteiger partial charge in [-0.25, -0.2) is 0 Å². The van der Waals surface area contributed by atoms with Gasteiger partial charge in [0.25, 0.3) is 11.8 Å². The first kappa shape index (κ1) is 20.3. The van der Waals surface area contributed by atoms with Crippen molar-refractivity contribution in [1.82, 2.24) is 5.32 Å². The van der Waals surface area contributed by atoms with E-state index in [9.17, 15) is 14.4 Å². The lowest BCUT2D eigenvalue weighted by atomic mass is 10.1. The first-order chi connectivity index (χ1) is 14.0. The molecule has 3 N–H and O–H groups in total. The van der Waals surface area contributed by atoms with Crippen LogP contribution in [0.5, 0.6) is 5.75 Å². The third kappa shape index (κ3) is 4.72. The topological polar surface area (TPSA) is 108 Å². The van der Waals surface area contributed by atoms with Crippen LogP contribution in [0.1, 0.15) is 22.3 Å². The number of rotatable bonds is 7. The molecule has 0 aromatic heterocycles. The highest BCUT2D eigenvalue weighted by molar-refractivity contribution is 6.01. The van der Waals surface area contributed by atoms with Crippen molar-refractivity contribution in [2.75, 3.05) is 36.5 Å². The largest absolute Gasteiger partial charge is 0.482 e. The summed E-state index contributed by atoms with van der Waals surface area (Å²) in [6.07, 6.45) is 0.0977. The lowest BCUT2D eigenvalue weighted by Crippen LogP contribution is -2.40. The van der Waals surface area contributed by atoms with Crippen LogP contribution in [0.3, 0.4) is 0 Å². The fraction of sp³-hybridized carbons (Fsp3) is 0.286. The van der Waals surface area contributed by atoms with E-state index in [1.54, 1.807) is 42.2 Å². The number of hydrogen-bond donors (Lipinski definition) is 3. The van der Waals surface area contributed by atoms with Crippen LogP contribution in [-0.2, 0) is 9.59 Å². The summed E-state index contributed by atoms with van der Waals surface area (Å²) in [4.78, 5) is 38.4. The van der Waals surface area contributed by atoms with E-state index in [4.69, 9.17) is 9.84 Å². The molecule has 0 bridgehead atoms. The summed E-state index contributed by atoms with van der Waals surface area (Å²) in [5.74, 6) is -0.166. The molecule has 0 saturated heterocycles. The van der Waals surface area contributed by atoms with E-state index in [2.05, 4.69) is 10.6 Å². The summed E-state index contributed by atoms with van der Waals surface area (Å²) in [7, 11) is 0. The van der Waals surface area contributed by atoms with E-state index < -0.39 is 0 Å². The maximum absolute atomic E-state index is 12.5. The highest BCUT2D eigenvalue weighted by Gasteiger charge is 2.25. The summed E-state index contributed by atoms with van der Waals surface area (Å²) in [5.41, 5.74) is 2.23. The number of anilines is 2. The average molecular weight is 397 g/mol. The van der Waals surface area contributed by atoms with E-state index in [-0.39, 0.29) is 50.4 Å². The molecule has 0 aliphatic carbocycles. The Morgan fingerprint density at radius 1 is 1.17 bits per heavy atom. The number of nitrogens with one attached hydrogen (secondary N) is 2. The number of aliphatic hydroxyl groups excluding tert-OH is 1. The zero-order valence-electron chi connectivity index (χ0n) is 16.1. The number of para-hydroxylation sites is 2. The Bertz CT molecular complexity index is 928. The van der Waals surface area contributed by atoms with E-state index in [1.807, 2.05) is 12.1 Å². The molecule has 152 valence electrons. The third-order valence-electron chi connectivity index (χ3n) is 4.62. The molecule has 1 heterocycles. The van der Waals surface area contributed by atoms with E-state index >= 15 is 0 Å². The Kier molecular flexibility index (Phi) is 6.46. The second-order valence-corrected chi connectivity index (χ2v) is 6.56. The van der Waals surface area contributed by atoms with Gasteiger partial charge in [0.15, 0.2) is 6.61 Å². The molecular weight excluding hydrogens is 374 g/mol. The molecule has 3 amide bonds. The molecule has 0 atom stereocenters. The lowest BCUT2D eigenvalue weighted by Gasteiger charge is -2.29. The number of aliphatic hydroxyl groups is 1. The van der Waals surface area contributed by atoms with E-state index in [0.717, 1.165) is 0 Å². The van der Waals surface area contributed by atoms with Gasteiger partial charge in [0.2, 0.25) is 5.91 Å². The third-order valence-corrected chi connectivity index (χ3v) is 4.62. The molecule has 0 spiro atoms. The first-order valence-electron chi connectivity index (χ1n) is 9.32. The van der Waals surface area contributed by atoms with Gasteiger partial charge in [0, 0.05) is 30.8 Å². The molecule has 2 aromatic carbocycles. The first-order valence-corrected chi connectivity index (χ1v) is 9.32. The van der Waals surface area contributed by atoms with Gasteiger partial charge in [-0.05, 0) is 36.8 Å². The highest BCUT2D eigenvalue weighted by atomic mass is 16.5. The average Bonchev–Trinajstić information content (AvgIpc) is 2.72. The number of benzene rings is 2. The second kappa shape index (κ2) is 9.20. The molecule has 3 rings (SSSR count). The maximum atomic E-state index is 12.5. The van der Waals surface area contributed by atoms with Crippen LogP contribution in [-0.4, -0.2) is 49.1 Å². The molecule has 0 fully saturated rings. The van der Waals surface area contributed by atoms with Gasteiger partial charge < -0.3 is 25.4 Å². The number of carbonyl (C=O) groups is 3. The monoisotopic (exact) mass is 397 g/mol. The number of fused-ring (bicyclic) bond motifs is 1. The minimum Gasteiger partial charge on any atom is -0.482 e. The van der Waals surface area contributed by atoms with Crippen molar-refractivity contribution in [3.05, 3.63) is 53.6 Å². The van der Waals surface area contributed by atoms with Crippen molar-refractivity contribution in [2.24, 2.45) is 0 Å². The van der Waals surface area contributed by atoms with Gasteiger partial charge in [-0.3, -0.25) is 14.4 Å². The summed E-state index contributed by atoms with van der Waals surface area (Å²) < 4.78 is 5.40. The molecule has 0 unspecified atom stereocenters. The van der Waals surface area contributed by atoms with Crippen LogP contribution in [0.25, 0.3) is 0 Å². The number of ether oxygens (including phenoxy) is 1. The Hall–Kier alpha value is -3.39. The van der Waals surface area contributed by atoms with Crippen LogP contribution < -0.4 is 20.3 Å². The van der Waals surface area contributed by atoms with Crippen molar-refractivity contribution in [1.29, 1.82) is 0 Å². The van der Waals surface area contributed by atoms with Gasteiger partial charge in [-0.1, -0.05) is 18.2 Å². The SMILES string of the molecule is Cc1c(NC(=O)CCN2C(=O)COc3ccccc32)cccc1C(=O)NCCO. The zero-order chi connectivity index (χ0) is 20.8. The van der Waals surface area contributed by atoms with Crippen molar-refractivity contribution in [2.45, 2.75) is 13.3 Å². The molecule has 1 aliphatic rings. The van der Waals surface area contributed by atoms with Crippen LogP contribution >= 0.6 is 0 Å².